The van der Waals surface area contributed by atoms with E-state index in [1.54, 1.807) is 13.8 Å². The third kappa shape index (κ3) is 2.88. The first-order valence-electron chi connectivity index (χ1n) is 4.76. The molecule has 0 saturated carbocycles. The van der Waals surface area contributed by atoms with Gasteiger partial charge in [0.05, 0.1) is 6.10 Å². The summed E-state index contributed by atoms with van der Waals surface area (Å²) in [5.74, 6) is 0. The van der Waals surface area contributed by atoms with Gasteiger partial charge in [0, 0.05) is 6.54 Å². The summed E-state index contributed by atoms with van der Waals surface area (Å²) in [6.07, 6.45) is 1.41. The molecule has 1 N–H and O–H groups in total. The molecule has 13 heavy (non-hydrogen) atoms. The first-order chi connectivity index (χ1) is 6.11. The third-order valence-electron chi connectivity index (χ3n) is 2.04. The number of likely N-dealkylation sites (tertiary alicyclic amines) is 1. The Morgan fingerprint density at radius 2 is 2.23 bits per heavy atom. The number of rotatable bonds is 1. The van der Waals surface area contributed by atoms with Crippen molar-refractivity contribution in [2.24, 2.45) is 0 Å². The van der Waals surface area contributed by atoms with Crippen molar-refractivity contribution in [2.45, 2.75) is 45.4 Å². The van der Waals surface area contributed by atoms with Crippen molar-refractivity contribution < 1.29 is 14.6 Å². The van der Waals surface area contributed by atoms with Gasteiger partial charge < -0.3 is 9.84 Å². The summed E-state index contributed by atoms with van der Waals surface area (Å²) >= 11 is 0. The molecule has 1 rings (SSSR count). The fourth-order valence-electron chi connectivity index (χ4n) is 1.40. The van der Waals surface area contributed by atoms with Crippen LogP contribution in [-0.2, 0) is 4.74 Å². The van der Waals surface area contributed by atoms with E-state index in [1.165, 1.54) is 4.90 Å². The smallest absolute Gasteiger partial charge is 0.412 e. The molecule has 1 fully saturated rings. The molecule has 0 aliphatic carbocycles. The van der Waals surface area contributed by atoms with E-state index in [0.29, 0.717) is 13.0 Å². The summed E-state index contributed by atoms with van der Waals surface area (Å²) < 4.78 is 4.99. The maximum absolute atomic E-state index is 11.4. The Labute approximate surface area is 78.5 Å². The zero-order valence-corrected chi connectivity index (χ0v) is 8.19. The molecular weight excluding hydrogens is 170 g/mol. The first kappa shape index (κ1) is 10.3. The molecule has 0 aromatic rings. The molecule has 0 radical (unpaired) electrons. The number of amides is 1. The second-order valence-electron chi connectivity index (χ2n) is 3.60. The van der Waals surface area contributed by atoms with Crippen molar-refractivity contribution >= 4 is 6.09 Å². The largest absolute Gasteiger partial charge is 0.447 e. The number of carbonyl (C=O) groups excluding carboxylic acids is 1. The van der Waals surface area contributed by atoms with Crippen LogP contribution in [0.2, 0.25) is 0 Å². The topological polar surface area (TPSA) is 49.8 Å². The van der Waals surface area contributed by atoms with Gasteiger partial charge in [-0.15, -0.1) is 0 Å². The van der Waals surface area contributed by atoms with Gasteiger partial charge >= 0.3 is 6.09 Å². The Morgan fingerprint density at radius 3 is 2.77 bits per heavy atom. The van der Waals surface area contributed by atoms with Crippen LogP contribution in [-0.4, -0.2) is 35.0 Å². The molecule has 4 heteroatoms. The van der Waals surface area contributed by atoms with Crippen molar-refractivity contribution in [2.75, 3.05) is 6.54 Å². The summed E-state index contributed by atoms with van der Waals surface area (Å²) in [4.78, 5) is 12.8. The van der Waals surface area contributed by atoms with Crippen LogP contribution >= 0.6 is 0 Å². The van der Waals surface area contributed by atoms with Gasteiger partial charge in [-0.3, -0.25) is 4.90 Å². The molecule has 4 nitrogen and oxygen atoms in total. The molecule has 1 aliphatic heterocycles. The molecular formula is C9H17NO3. The second kappa shape index (κ2) is 4.46. The molecule has 1 amide bonds. The lowest BCUT2D eigenvalue weighted by Crippen LogP contribution is -2.44. The predicted molar refractivity (Wildman–Crippen MR) is 48.2 cm³/mol. The van der Waals surface area contributed by atoms with Crippen molar-refractivity contribution in [1.82, 2.24) is 4.90 Å². The Balaban J connectivity index is 2.44. The van der Waals surface area contributed by atoms with Gasteiger partial charge in [-0.25, -0.2) is 4.79 Å². The summed E-state index contributed by atoms with van der Waals surface area (Å²) in [6, 6.07) is 0. The lowest BCUT2D eigenvalue weighted by molar-refractivity contribution is -0.0283. The maximum atomic E-state index is 11.4. The van der Waals surface area contributed by atoms with Gasteiger partial charge in [-0.05, 0) is 33.1 Å². The third-order valence-corrected chi connectivity index (χ3v) is 2.04. The summed E-state index contributed by atoms with van der Waals surface area (Å²) in [5.41, 5.74) is 0. The van der Waals surface area contributed by atoms with Gasteiger partial charge in [0.1, 0.15) is 6.23 Å². The number of piperidine rings is 1. The van der Waals surface area contributed by atoms with Crippen molar-refractivity contribution in [3.8, 4) is 0 Å². The van der Waals surface area contributed by atoms with Gasteiger partial charge in [-0.2, -0.15) is 0 Å². The van der Waals surface area contributed by atoms with E-state index in [9.17, 15) is 9.90 Å². The Bertz CT molecular complexity index is 182. The van der Waals surface area contributed by atoms with Gasteiger partial charge in [0.2, 0.25) is 0 Å². The van der Waals surface area contributed by atoms with Gasteiger partial charge in [0.25, 0.3) is 0 Å². The standard InChI is InChI=1S/C9H17NO3/c1-7(2)13-9(12)10-6-4-3-5-8(10)11/h7-8,11H,3-6H2,1-2H3. The van der Waals surface area contributed by atoms with Gasteiger partial charge in [0.15, 0.2) is 0 Å². The molecule has 1 saturated heterocycles. The van der Waals surface area contributed by atoms with E-state index < -0.39 is 12.3 Å². The van der Waals surface area contributed by atoms with Crippen LogP contribution in [0.15, 0.2) is 0 Å². The van der Waals surface area contributed by atoms with Gasteiger partial charge in [-0.1, -0.05) is 0 Å². The van der Waals surface area contributed by atoms with E-state index in [4.69, 9.17) is 4.74 Å². The van der Waals surface area contributed by atoms with Crippen LogP contribution in [0.1, 0.15) is 33.1 Å². The minimum atomic E-state index is -0.653. The fourth-order valence-corrected chi connectivity index (χ4v) is 1.40. The van der Waals surface area contributed by atoms with E-state index in [0.717, 1.165) is 12.8 Å². The highest BCUT2D eigenvalue weighted by Crippen LogP contribution is 2.15. The summed E-state index contributed by atoms with van der Waals surface area (Å²) in [6.45, 7) is 4.20. The normalized spacial score (nSPS) is 23.4. The highest BCUT2D eigenvalue weighted by molar-refractivity contribution is 5.68. The number of aliphatic hydroxyl groups is 1. The number of hydrogen-bond acceptors (Lipinski definition) is 3. The Hall–Kier alpha value is -0.770. The van der Waals surface area contributed by atoms with Crippen molar-refractivity contribution in [1.29, 1.82) is 0 Å². The van der Waals surface area contributed by atoms with Crippen LogP contribution in [0.25, 0.3) is 0 Å². The number of hydrogen-bond donors (Lipinski definition) is 1. The zero-order valence-electron chi connectivity index (χ0n) is 8.19. The summed E-state index contributed by atoms with van der Waals surface area (Å²) in [7, 11) is 0. The molecule has 0 aromatic heterocycles. The zero-order chi connectivity index (χ0) is 9.84. The minimum Gasteiger partial charge on any atom is -0.447 e. The molecule has 0 aromatic carbocycles. The van der Waals surface area contributed by atoms with Crippen LogP contribution in [0.3, 0.4) is 0 Å². The molecule has 1 atom stereocenters. The van der Waals surface area contributed by atoms with Crippen LogP contribution in [0, 0.1) is 0 Å². The average molecular weight is 187 g/mol. The monoisotopic (exact) mass is 187 g/mol. The quantitative estimate of drug-likeness (QED) is 0.673. The van der Waals surface area contributed by atoms with E-state index >= 15 is 0 Å². The lowest BCUT2D eigenvalue weighted by atomic mass is 10.1. The lowest BCUT2D eigenvalue weighted by Gasteiger charge is -2.31. The molecule has 0 bridgehead atoms. The van der Waals surface area contributed by atoms with E-state index in [2.05, 4.69) is 0 Å². The highest BCUT2D eigenvalue weighted by Gasteiger charge is 2.26. The second-order valence-corrected chi connectivity index (χ2v) is 3.60. The predicted octanol–water partition coefficient (Wildman–Crippen LogP) is 1.34. The number of ether oxygens (including phenoxy) is 1. The van der Waals surface area contributed by atoms with Crippen LogP contribution in [0.4, 0.5) is 4.79 Å². The number of nitrogens with zero attached hydrogens (tertiary/aromatic N) is 1. The maximum Gasteiger partial charge on any atom is 0.412 e. The molecule has 1 unspecified atom stereocenters. The van der Waals surface area contributed by atoms with E-state index in [1.807, 2.05) is 0 Å². The molecule has 76 valence electrons. The number of aliphatic hydroxyl groups excluding tert-OH is 1. The number of carbonyl (C=O) groups is 1. The molecule has 0 spiro atoms. The minimum absolute atomic E-state index is 0.123. The Kier molecular flexibility index (Phi) is 3.54. The van der Waals surface area contributed by atoms with Crippen LogP contribution in [0.5, 0.6) is 0 Å². The van der Waals surface area contributed by atoms with Crippen molar-refractivity contribution in [3.63, 3.8) is 0 Å². The molecule has 1 aliphatic rings. The fraction of sp³-hybridized carbons (Fsp3) is 0.889. The molecule has 1 heterocycles. The average Bonchev–Trinajstić information content (AvgIpc) is 2.03. The first-order valence-corrected chi connectivity index (χ1v) is 4.76. The van der Waals surface area contributed by atoms with E-state index in [-0.39, 0.29) is 6.10 Å². The Morgan fingerprint density at radius 1 is 1.54 bits per heavy atom. The van der Waals surface area contributed by atoms with Crippen LogP contribution < -0.4 is 0 Å². The SMILES string of the molecule is CC(C)OC(=O)N1CCCCC1O. The highest BCUT2D eigenvalue weighted by atomic mass is 16.6. The van der Waals surface area contributed by atoms with Crippen molar-refractivity contribution in [3.05, 3.63) is 0 Å². The summed E-state index contributed by atoms with van der Waals surface area (Å²) in [5, 5.41) is 9.48.